The van der Waals surface area contributed by atoms with Gasteiger partial charge in [-0.1, -0.05) is 44.2 Å². The number of aliphatic hydroxyl groups excluding tert-OH is 1. The zero-order chi connectivity index (χ0) is 14.3. The van der Waals surface area contributed by atoms with Crippen LogP contribution >= 0.6 is 0 Å². The second kappa shape index (κ2) is 5.14. The summed E-state index contributed by atoms with van der Waals surface area (Å²) in [5.74, 6) is 0.602. The van der Waals surface area contributed by atoms with Crippen molar-refractivity contribution in [2.45, 2.75) is 51.4 Å². The molecule has 3 rings (SSSR count). The number of aliphatic hydroxyl groups is 1. The quantitative estimate of drug-likeness (QED) is 0.886. The van der Waals surface area contributed by atoms with E-state index in [2.05, 4.69) is 49.1 Å². The largest absolute Gasteiger partial charge is 0.391 e. The Labute approximate surface area is 121 Å². The highest BCUT2D eigenvalue weighted by Crippen LogP contribution is 2.52. The average molecular weight is 274 g/mol. The summed E-state index contributed by atoms with van der Waals surface area (Å²) in [7, 11) is 0. The third-order valence-corrected chi connectivity index (χ3v) is 5.15. The highest BCUT2D eigenvalue weighted by molar-refractivity contribution is 5.18. The minimum atomic E-state index is -0.310. The Morgan fingerprint density at radius 3 is 2.55 bits per heavy atom. The number of nitrogens with zero attached hydrogens (tertiary/aromatic N) is 1. The van der Waals surface area contributed by atoms with Crippen molar-refractivity contribution in [3.63, 3.8) is 0 Å². The molecule has 2 aliphatic rings. The summed E-state index contributed by atoms with van der Waals surface area (Å²) in [4.78, 5) is 2.56. The molecule has 1 aliphatic heterocycles. The molecule has 20 heavy (non-hydrogen) atoms. The van der Waals surface area contributed by atoms with Gasteiger partial charge in [-0.15, -0.1) is 0 Å². The molecule has 0 amide bonds. The summed E-state index contributed by atoms with van der Waals surface area (Å²) in [5.41, 5.74) is 7.68. The van der Waals surface area contributed by atoms with Gasteiger partial charge < -0.3 is 10.8 Å². The highest BCUT2D eigenvalue weighted by Gasteiger charge is 2.58. The Balaban J connectivity index is 1.73. The van der Waals surface area contributed by atoms with Gasteiger partial charge in [0.1, 0.15) is 0 Å². The Morgan fingerprint density at radius 2 is 2.00 bits per heavy atom. The van der Waals surface area contributed by atoms with Gasteiger partial charge in [0.25, 0.3) is 0 Å². The lowest BCUT2D eigenvalue weighted by molar-refractivity contribution is -0.105. The maximum absolute atomic E-state index is 10.0. The van der Waals surface area contributed by atoms with Gasteiger partial charge in [0, 0.05) is 30.6 Å². The van der Waals surface area contributed by atoms with Crippen LogP contribution in [0.2, 0.25) is 0 Å². The third-order valence-electron chi connectivity index (χ3n) is 5.15. The molecular formula is C17H26N2O. The Bertz CT molecular complexity index is 449. The van der Waals surface area contributed by atoms with E-state index in [1.54, 1.807) is 0 Å². The first-order chi connectivity index (χ1) is 9.52. The molecule has 1 aromatic rings. The first kappa shape index (κ1) is 14.1. The summed E-state index contributed by atoms with van der Waals surface area (Å²) in [6.07, 6.45) is 1.54. The second-order valence-electron chi connectivity index (χ2n) is 7.08. The summed E-state index contributed by atoms with van der Waals surface area (Å²) in [5, 5.41) is 10.0. The molecule has 3 N–H and O–H groups in total. The van der Waals surface area contributed by atoms with Gasteiger partial charge in [-0.25, -0.2) is 0 Å². The monoisotopic (exact) mass is 274 g/mol. The van der Waals surface area contributed by atoms with E-state index in [4.69, 9.17) is 5.73 Å². The molecule has 3 nitrogen and oxygen atoms in total. The maximum atomic E-state index is 10.0. The summed E-state index contributed by atoms with van der Waals surface area (Å²) < 4.78 is 0. The lowest BCUT2D eigenvalue weighted by Crippen LogP contribution is -2.65. The van der Waals surface area contributed by atoms with Gasteiger partial charge in [-0.05, 0) is 24.3 Å². The highest BCUT2D eigenvalue weighted by atomic mass is 16.3. The zero-order valence-electron chi connectivity index (χ0n) is 12.5. The lowest BCUT2D eigenvalue weighted by Gasteiger charge is -2.58. The van der Waals surface area contributed by atoms with Crippen molar-refractivity contribution in [3.8, 4) is 0 Å². The van der Waals surface area contributed by atoms with E-state index in [0.29, 0.717) is 12.0 Å². The second-order valence-corrected chi connectivity index (χ2v) is 7.08. The van der Waals surface area contributed by atoms with E-state index in [0.717, 1.165) is 25.9 Å². The van der Waals surface area contributed by atoms with Crippen LogP contribution in [0.25, 0.3) is 0 Å². The molecule has 0 aromatic heterocycles. The van der Waals surface area contributed by atoms with E-state index >= 15 is 0 Å². The number of nitrogens with two attached hydrogens (primary N) is 1. The van der Waals surface area contributed by atoms with E-state index in [9.17, 15) is 5.11 Å². The van der Waals surface area contributed by atoms with Gasteiger partial charge in [-0.2, -0.15) is 0 Å². The summed E-state index contributed by atoms with van der Waals surface area (Å²) >= 11 is 0. The number of likely N-dealkylation sites (tertiary alicyclic amines) is 1. The number of rotatable bonds is 3. The molecule has 3 heteroatoms. The molecule has 110 valence electrons. The molecule has 4 unspecified atom stereocenters. The number of hydrogen-bond donors (Lipinski definition) is 2. The van der Waals surface area contributed by atoms with E-state index in [1.165, 1.54) is 5.56 Å². The third kappa shape index (κ3) is 2.28. The molecule has 1 saturated carbocycles. The number of hydrogen-bond acceptors (Lipinski definition) is 3. The van der Waals surface area contributed by atoms with Crippen LogP contribution in [-0.2, 0) is 6.54 Å². The molecule has 4 atom stereocenters. The van der Waals surface area contributed by atoms with Crippen molar-refractivity contribution >= 4 is 0 Å². The predicted octanol–water partition coefficient (Wildman–Crippen LogP) is 2.00. The molecule has 1 aromatic carbocycles. The van der Waals surface area contributed by atoms with E-state index in [1.807, 2.05) is 0 Å². The van der Waals surface area contributed by atoms with Crippen LogP contribution in [0, 0.1) is 11.3 Å². The smallest absolute Gasteiger partial charge is 0.0697 e. The normalized spacial score (nSPS) is 37.5. The fraction of sp³-hybridized carbons (Fsp3) is 0.647. The first-order valence-electron chi connectivity index (χ1n) is 7.73. The first-order valence-corrected chi connectivity index (χ1v) is 7.73. The SMILES string of the molecule is CC(C)C1N(Cc2ccccc2)CC12CC(N)C(O)C2. The topological polar surface area (TPSA) is 49.5 Å². The van der Waals surface area contributed by atoms with Gasteiger partial charge in [0.2, 0.25) is 0 Å². The molecule has 0 bridgehead atoms. The van der Waals surface area contributed by atoms with Crippen LogP contribution in [0.1, 0.15) is 32.3 Å². The maximum Gasteiger partial charge on any atom is 0.0697 e. The fourth-order valence-corrected chi connectivity index (χ4v) is 4.60. The van der Waals surface area contributed by atoms with Crippen LogP contribution in [0.4, 0.5) is 0 Å². The van der Waals surface area contributed by atoms with Gasteiger partial charge >= 0.3 is 0 Å². The standard InChI is InChI=1S/C17H26N2O/c1-12(2)16-17(8-14(18)15(20)9-17)11-19(16)10-13-6-4-3-5-7-13/h3-7,12,14-16,20H,8-11,18H2,1-2H3. The molecule has 1 aliphatic carbocycles. The summed E-state index contributed by atoms with van der Waals surface area (Å²) in [6.45, 7) is 6.67. The minimum absolute atomic E-state index is 0.0323. The van der Waals surface area contributed by atoms with Crippen LogP contribution in [-0.4, -0.2) is 34.7 Å². The molecule has 2 fully saturated rings. The Hall–Kier alpha value is -0.900. The molecular weight excluding hydrogens is 248 g/mol. The van der Waals surface area contributed by atoms with Crippen LogP contribution in [0.5, 0.6) is 0 Å². The van der Waals surface area contributed by atoms with Gasteiger partial charge in [0.05, 0.1) is 6.10 Å². The van der Waals surface area contributed by atoms with Crippen LogP contribution < -0.4 is 5.73 Å². The average Bonchev–Trinajstić information content (AvgIpc) is 2.66. The van der Waals surface area contributed by atoms with Crippen molar-refractivity contribution in [1.82, 2.24) is 4.90 Å². The van der Waals surface area contributed by atoms with Crippen LogP contribution in [0.15, 0.2) is 30.3 Å². The predicted molar refractivity (Wildman–Crippen MR) is 81.1 cm³/mol. The van der Waals surface area contributed by atoms with Crippen LogP contribution in [0.3, 0.4) is 0 Å². The zero-order valence-corrected chi connectivity index (χ0v) is 12.5. The van der Waals surface area contributed by atoms with E-state index in [-0.39, 0.29) is 17.6 Å². The fourth-order valence-electron chi connectivity index (χ4n) is 4.60. The van der Waals surface area contributed by atoms with Crippen molar-refractivity contribution in [1.29, 1.82) is 0 Å². The van der Waals surface area contributed by atoms with Crippen molar-refractivity contribution in [2.24, 2.45) is 17.1 Å². The summed E-state index contributed by atoms with van der Waals surface area (Å²) in [6, 6.07) is 11.2. The number of benzene rings is 1. The Morgan fingerprint density at radius 1 is 1.30 bits per heavy atom. The minimum Gasteiger partial charge on any atom is -0.391 e. The van der Waals surface area contributed by atoms with Crippen molar-refractivity contribution in [2.75, 3.05) is 6.54 Å². The molecule has 1 spiro atoms. The lowest BCUT2D eigenvalue weighted by atomic mass is 9.65. The molecule has 1 saturated heterocycles. The Kier molecular flexibility index (Phi) is 3.61. The van der Waals surface area contributed by atoms with Crippen molar-refractivity contribution < 1.29 is 5.11 Å². The molecule has 1 heterocycles. The van der Waals surface area contributed by atoms with E-state index < -0.39 is 0 Å². The van der Waals surface area contributed by atoms with Gasteiger partial charge in [-0.3, -0.25) is 4.90 Å². The van der Waals surface area contributed by atoms with Crippen molar-refractivity contribution in [3.05, 3.63) is 35.9 Å². The molecule has 0 radical (unpaired) electrons. The van der Waals surface area contributed by atoms with Gasteiger partial charge in [0.15, 0.2) is 0 Å².